The van der Waals surface area contributed by atoms with Gasteiger partial charge in [0.25, 0.3) is 0 Å². The minimum Gasteiger partial charge on any atom is -0.358 e. The highest BCUT2D eigenvalue weighted by atomic mass is 14.7. The molecule has 0 spiro atoms. The molecule has 1 N–H and O–H groups in total. The first kappa shape index (κ1) is 15.1. The summed E-state index contributed by atoms with van der Waals surface area (Å²) in [4.78, 5) is 3.52. The number of rotatable bonds is 5. The molecular weight excluding hydrogens is 254 g/mol. The molecule has 0 fully saturated rings. The van der Waals surface area contributed by atoms with E-state index in [1.807, 2.05) is 19.1 Å². The summed E-state index contributed by atoms with van der Waals surface area (Å²) >= 11 is 0. The average molecular weight is 277 g/mol. The Labute approximate surface area is 127 Å². The predicted molar refractivity (Wildman–Crippen MR) is 94.2 cm³/mol. The summed E-state index contributed by atoms with van der Waals surface area (Å²) in [7, 11) is 0. The van der Waals surface area contributed by atoms with Crippen LogP contribution in [0.5, 0.6) is 0 Å². The second kappa shape index (κ2) is 6.94. The lowest BCUT2D eigenvalue weighted by Gasteiger charge is -2.03. The summed E-state index contributed by atoms with van der Waals surface area (Å²) in [5, 5.41) is 0. The number of aryl methyl sites for hydroxylation is 1. The number of allylic oxidation sites excluding steroid dienone is 8. The Bertz CT molecular complexity index is 660. The molecule has 0 atom stereocenters. The summed E-state index contributed by atoms with van der Waals surface area (Å²) in [6.45, 7) is 12.0. The molecular formula is C20H23N. The quantitative estimate of drug-likeness (QED) is 0.680. The smallest absolute Gasteiger partial charge is 0.0418 e. The highest BCUT2D eigenvalue weighted by Crippen LogP contribution is 2.26. The highest BCUT2D eigenvalue weighted by molar-refractivity contribution is 5.67. The fourth-order valence-electron chi connectivity index (χ4n) is 2.55. The Hall–Kier alpha value is -2.28. The molecule has 21 heavy (non-hydrogen) atoms. The minimum atomic E-state index is 0.998. The molecule has 1 aliphatic rings. The first-order valence-electron chi connectivity index (χ1n) is 7.38. The number of aromatic amines is 1. The van der Waals surface area contributed by atoms with Gasteiger partial charge in [-0.05, 0) is 55.0 Å². The van der Waals surface area contributed by atoms with Crippen LogP contribution in [0.4, 0.5) is 0 Å². The van der Waals surface area contributed by atoms with Gasteiger partial charge in [0.2, 0.25) is 0 Å². The first-order chi connectivity index (χ1) is 10.2. The van der Waals surface area contributed by atoms with E-state index >= 15 is 0 Å². The van der Waals surface area contributed by atoms with E-state index in [0.29, 0.717) is 0 Å². The van der Waals surface area contributed by atoms with E-state index in [2.05, 4.69) is 55.4 Å². The molecule has 1 aliphatic carbocycles. The maximum absolute atomic E-state index is 4.14. The lowest BCUT2D eigenvalue weighted by molar-refractivity contribution is 0.943. The van der Waals surface area contributed by atoms with Crippen LogP contribution < -0.4 is 0 Å². The van der Waals surface area contributed by atoms with Gasteiger partial charge in [-0.15, -0.1) is 0 Å². The molecule has 1 heteroatoms. The number of fused-ring (bicyclic) bond motifs is 1. The van der Waals surface area contributed by atoms with Gasteiger partial charge in [-0.1, -0.05) is 55.7 Å². The molecule has 1 nitrogen and oxygen atoms in total. The van der Waals surface area contributed by atoms with Crippen LogP contribution in [-0.4, -0.2) is 4.98 Å². The van der Waals surface area contributed by atoms with Crippen LogP contribution in [0.3, 0.4) is 0 Å². The van der Waals surface area contributed by atoms with Gasteiger partial charge < -0.3 is 4.98 Å². The van der Waals surface area contributed by atoms with E-state index in [9.17, 15) is 0 Å². The molecule has 0 amide bonds. The molecule has 108 valence electrons. The second-order valence-corrected chi connectivity index (χ2v) is 5.19. The van der Waals surface area contributed by atoms with Crippen molar-refractivity contribution >= 4 is 12.2 Å². The van der Waals surface area contributed by atoms with Crippen molar-refractivity contribution < 1.29 is 0 Å². The number of H-pyrrole nitrogens is 1. The topological polar surface area (TPSA) is 15.8 Å². The predicted octanol–water partition coefficient (Wildman–Crippen LogP) is 5.54. The largest absolute Gasteiger partial charge is 0.358 e. The van der Waals surface area contributed by atoms with E-state index in [0.717, 1.165) is 24.0 Å². The number of nitrogens with one attached hydrogen (secondary N) is 1. The molecule has 1 heterocycles. The minimum absolute atomic E-state index is 0.998. The fraction of sp³-hybridized carbons (Fsp3) is 0.200. The Morgan fingerprint density at radius 1 is 1.33 bits per heavy atom. The van der Waals surface area contributed by atoms with E-state index in [1.54, 1.807) is 6.08 Å². The maximum atomic E-state index is 4.14. The summed E-state index contributed by atoms with van der Waals surface area (Å²) in [5.74, 6) is 0. The Morgan fingerprint density at radius 2 is 2.14 bits per heavy atom. The van der Waals surface area contributed by atoms with E-state index in [1.165, 1.54) is 22.5 Å². The first-order valence-corrected chi connectivity index (χ1v) is 7.38. The highest BCUT2D eigenvalue weighted by Gasteiger charge is 2.12. The van der Waals surface area contributed by atoms with Gasteiger partial charge in [0, 0.05) is 11.4 Å². The van der Waals surface area contributed by atoms with Gasteiger partial charge in [-0.2, -0.15) is 0 Å². The van der Waals surface area contributed by atoms with Crippen LogP contribution >= 0.6 is 0 Å². The van der Waals surface area contributed by atoms with Crippen LogP contribution in [0, 0.1) is 6.92 Å². The van der Waals surface area contributed by atoms with Gasteiger partial charge in [0.1, 0.15) is 0 Å². The fourth-order valence-corrected chi connectivity index (χ4v) is 2.55. The summed E-state index contributed by atoms with van der Waals surface area (Å²) in [5.41, 5.74) is 7.30. The van der Waals surface area contributed by atoms with E-state index in [4.69, 9.17) is 0 Å². The van der Waals surface area contributed by atoms with Crippen molar-refractivity contribution in [2.24, 2.45) is 0 Å². The third-order valence-corrected chi connectivity index (χ3v) is 3.81. The number of aromatic nitrogens is 1. The van der Waals surface area contributed by atoms with Gasteiger partial charge in [0.05, 0.1) is 0 Å². The van der Waals surface area contributed by atoms with Crippen molar-refractivity contribution in [3.05, 3.63) is 83.3 Å². The van der Waals surface area contributed by atoms with Crippen LogP contribution in [0.1, 0.15) is 35.9 Å². The van der Waals surface area contributed by atoms with Crippen molar-refractivity contribution in [2.45, 2.75) is 26.7 Å². The maximum Gasteiger partial charge on any atom is 0.0418 e. The van der Waals surface area contributed by atoms with Crippen molar-refractivity contribution in [2.75, 3.05) is 0 Å². The molecule has 0 saturated carbocycles. The van der Waals surface area contributed by atoms with E-state index < -0.39 is 0 Å². The molecule has 0 aliphatic heterocycles. The van der Waals surface area contributed by atoms with Crippen molar-refractivity contribution in [1.29, 1.82) is 0 Å². The Morgan fingerprint density at radius 3 is 2.81 bits per heavy atom. The van der Waals surface area contributed by atoms with Gasteiger partial charge in [-0.25, -0.2) is 0 Å². The zero-order valence-electron chi connectivity index (χ0n) is 12.9. The van der Waals surface area contributed by atoms with Gasteiger partial charge in [-0.3, -0.25) is 0 Å². The van der Waals surface area contributed by atoms with E-state index in [-0.39, 0.29) is 0 Å². The van der Waals surface area contributed by atoms with Crippen molar-refractivity contribution in [3.8, 4) is 0 Å². The second-order valence-electron chi connectivity index (χ2n) is 5.19. The monoisotopic (exact) mass is 277 g/mol. The summed E-state index contributed by atoms with van der Waals surface area (Å²) < 4.78 is 0. The summed E-state index contributed by atoms with van der Waals surface area (Å²) in [6, 6.07) is 0. The van der Waals surface area contributed by atoms with Gasteiger partial charge >= 0.3 is 0 Å². The third kappa shape index (κ3) is 3.43. The lowest BCUT2D eigenvalue weighted by Crippen LogP contribution is -1.91. The zero-order chi connectivity index (χ0) is 15.2. The van der Waals surface area contributed by atoms with Crippen molar-refractivity contribution in [3.63, 3.8) is 0 Å². The number of hydrogen-bond acceptors (Lipinski definition) is 0. The third-order valence-electron chi connectivity index (χ3n) is 3.81. The molecule has 1 aromatic rings. The zero-order valence-corrected chi connectivity index (χ0v) is 12.9. The lowest BCUT2D eigenvalue weighted by atomic mass is 10.0. The van der Waals surface area contributed by atoms with Crippen LogP contribution in [-0.2, 0) is 6.42 Å². The Kier molecular flexibility index (Phi) is 4.99. The molecule has 0 saturated heterocycles. The molecule has 0 radical (unpaired) electrons. The molecule has 0 unspecified atom stereocenters. The van der Waals surface area contributed by atoms with Crippen LogP contribution in [0.25, 0.3) is 12.2 Å². The normalized spacial score (nSPS) is 14.9. The van der Waals surface area contributed by atoms with Gasteiger partial charge in [0.15, 0.2) is 0 Å². The average Bonchev–Trinajstić information content (AvgIpc) is 2.83. The van der Waals surface area contributed by atoms with Crippen LogP contribution in [0.2, 0.25) is 0 Å². The molecule has 2 rings (SSSR count). The molecule has 1 aromatic heterocycles. The SMILES string of the molecule is C=C/C=C\C(=C/C)C(=C)/C=C\c1[nH]c2c(c1C)C=CCC2. The molecule has 0 aromatic carbocycles. The molecule has 0 bridgehead atoms. The van der Waals surface area contributed by atoms with Crippen molar-refractivity contribution in [1.82, 2.24) is 4.98 Å². The summed E-state index contributed by atoms with van der Waals surface area (Å²) in [6.07, 6.45) is 18.7. The van der Waals surface area contributed by atoms with Crippen LogP contribution in [0.15, 0.2) is 60.8 Å². The Balaban J connectivity index is 2.20. The number of hydrogen-bond donors (Lipinski definition) is 1. The standard InChI is InChI=1S/C20H23N/c1-5-7-10-17(6-2)15(3)13-14-19-16(4)18-11-8-9-12-20(18)21-19/h5-8,10-11,13-14,21H,1,3,9,12H2,2,4H3/b10-7-,14-13-,17-6+.